The van der Waals surface area contributed by atoms with Crippen molar-refractivity contribution in [1.82, 2.24) is 0 Å². The summed E-state index contributed by atoms with van der Waals surface area (Å²) in [5.74, 6) is 0.312. The molecule has 0 saturated carbocycles. The molecule has 0 atom stereocenters. The van der Waals surface area contributed by atoms with Gasteiger partial charge in [0.25, 0.3) is 0 Å². The first-order chi connectivity index (χ1) is 16.7. The summed E-state index contributed by atoms with van der Waals surface area (Å²) in [4.78, 5) is 28.8. The van der Waals surface area contributed by atoms with Crippen LogP contribution in [0.15, 0.2) is 69.9 Å². The van der Waals surface area contributed by atoms with Crippen LogP contribution in [0, 0.1) is 21.7 Å². The van der Waals surface area contributed by atoms with Crippen molar-refractivity contribution in [2.45, 2.75) is 83.1 Å². The summed E-state index contributed by atoms with van der Waals surface area (Å²) >= 11 is 1.72. The zero-order valence-corrected chi connectivity index (χ0v) is 25.7. The second-order valence-corrected chi connectivity index (χ2v) is 15.6. The van der Waals surface area contributed by atoms with Crippen LogP contribution in [-0.4, -0.2) is 11.6 Å². The molecule has 0 spiro atoms. The molecule has 3 heteroatoms. The van der Waals surface area contributed by atoms with Crippen molar-refractivity contribution in [3.63, 3.8) is 0 Å². The van der Waals surface area contributed by atoms with E-state index in [1.54, 1.807) is 11.3 Å². The van der Waals surface area contributed by atoms with Crippen LogP contribution in [-0.2, 0) is 9.59 Å². The number of rotatable bonds is 2. The van der Waals surface area contributed by atoms with Crippen molar-refractivity contribution in [3.05, 3.63) is 79.6 Å². The highest BCUT2D eigenvalue weighted by Crippen LogP contribution is 2.41. The van der Waals surface area contributed by atoms with Crippen molar-refractivity contribution in [2.75, 3.05) is 0 Å². The van der Waals surface area contributed by atoms with Crippen LogP contribution in [0.3, 0.4) is 0 Å². The van der Waals surface area contributed by atoms with Gasteiger partial charge in [0.2, 0.25) is 0 Å². The lowest BCUT2D eigenvalue weighted by atomic mass is 9.72. The van der Waals surface area contributed by atoms with Gasteiger partial charge >= 0.3 is 0 Å². The maximum absolute atomic E-state index is 13.3. The number of carbonyl (C=O) groups excluding carboxylic acids is 2. The highest BCUT2D eigenvalue weighted by Gasteiger charge is 2.35. The summed E-state index contributed by atoms with van der Waals surface area (Å²) in [6.07, 6.45) is 12.6. The van der Waals surface area contributed by atoms with Gasteiger partial charge in [-0.15, -0.1) is 11.3 Å². The predicted molar refractivity (Wildman–Crippen MR) is 160 cm³/mol. The molecule has 0 saturated heterocycles. The standard InChI is InChI=1S/C34H44O2S/c1-31(2,3)25-17-21(18-26(29(25)35)32(4,5)6)15-23-13-14-24(37-23)16-22-19-27(33(7,8)9)30(36)28(20-22)34(10,11)12/h13-20H,1-12H3. The zero-order valence-electron chi connectivity index (χ0n) is 24.8. The molecule has 0 fully saturated rings. The number of thiophene rings is 1. The molecule has 37 heavy (non-hydrogen) atoms. The lowest BCUT2D eigenvalue weighted by Crippen LogP contribution is -2.27. The number of hydrogen-bond donors (Lipinski definition) is 0. The van der Waals surface area contributed by atoms with Gasteiger partial charge in [0, 0.05) is 32.0 Å². The van der Waals surface area contributed by atoms with Crippen LogP contribution in [0.5, 0.6) is 0 Å². The first-order valence-corrected chi connectivity index (χ1v) is 14.0. The summed E-state index contributed by atoms with van der Waals surface area (Å²) in [6, 6.07) is 4.26. The molecular formula is C34H44O2S. The highest BCUT2D eigenvalue weighted by molar-refractivity contribution is 7.13. The molecule has 0 aliphatic heterocycles. The van der Waals surface area contributed by atoms with Gasteiger partial charge in [-0.05, 0) is 81.4 Å². The Balaban J connectivity index is 2.05. The van der Waals surface area contributed by atoms with Crippen LogP contribution in [0.1, 0.15) is 92.8 Å². The number of hydrogen-bond acceptors (Lipinski definition) is 3. The monoisotopic (exact) mass is 516 g/mol. The lowest BCUT2D eigenvalue weighted by molar-refractivity contribution is -0.114. The Hall–Kier alpha value is -2.52. The Kier molecular flexibility index (Phi) is 7.58. The van der Waals surface area contributed by atoms with Crippen LogP contribution in [0.2, 0.25) is 0 Å². The maximum Gasteiger partial charge on any atom is 0.186 e. The molecule has 1 aromatic rings. The Labute approximate surface area is 228 Å². The molecule has 0 amide bonds. The molecule has 1 heterocycles. The smallest absolute Gasteiger partial charge is 0.186 e. The van der Waals surface area contributed by atoms with E-state index in [1.807, 2.05) is 0 Å². The topological polar surface area (TPSA) is 34.1 Å². The summed E-state index contributed by atoms with van der Waals surface area (Å²) in [5, 5.41) is 0. The molecule has 0 aromatic carbocycles. The van der Waals surface area contributed by atoms with Gasteiger partial charge in [-0.2, -0.15) is 0 Å². The molecule has 2 aliphatic carbocycles. The fraction of sp³-hybridized carbons (Fsp3) is 0.471. The van der Waals surface area contributed by atoms with E-state index in [0.29, 0.717) is 0 Å². The molecule has 0 N–H and O–H groups in total. The molecule has 0 unspecified atom stereocenters. The molecule has 198 valence electrons. The summed E-state index contributed by atoms with van der Waals surface area (Å²) < 4.78 is 0. The van der Waals surface area contributed by atoms with Gasteiger partial charge in [0.05, 0.1) is 0 Å². The molecule has 1 aromatic heterocycles. The Bertz CT molecular complexity index is 1130. The third-order valence-corrected chi connectivity index (χ3v) is 7.70. The molecule has 0 radical (unpaired) electrons. The van der Waals surface area contributed by atoms with Crippen molar-refractivity contribution in [3.8, 4) is 0 Å². The molecule has 2 nitrogen and oxygen atoms in total. The van der Waals surface area contributed by atoms with Gasteiger partial charge in [0.15, 0.2) is 11.6 Å². The van der Waals surface area contributed by atoms with E-state index < -0.39 is 0 Å². The van der Waals surface area contributed by atoms with E-state index in [9.17, 15) is 9.59 Å². The quantitative estimate of drug-likeness (QED) is 0.392. The highest BCUT2D eigenvalue weighted by atomic mass is 32.1. The average Bonchev–Trinajstić information content (AvgIpc) is 3.13. The zero-order chi connectivity index (χ0) is 28.1. The molecule has 3 rings (SSSR count). The first kappa shape index (κ1) is 29.0. The normalized spacial score (nSPS) is 17.8. The van der Waals surface area contributed by atoms with Crippen molar-refractivity contribution in [1.29, 1.82) is 0 Å². The van der Waals surface area contributed by atoms with E-state index in [4.69, 9.17) is 0 Å². The van der Waals surface area contributed by atoms with Gasteiger partial charge in [-0.25, -0.2) is 0 Å². The second-order valence-electron chi connectivity index (χ2n) is 14.4. The van der Waals surface area contributed by atoms with Gasteiger partial charge in [0.1, 0.15) is 0 Å². The van der Waals surface area contributed by atoms with Crippen molar-refractivity contribution in [2.24, 2.45) is 21.7 Å². The van der Waals surface area contributed by atoms with Gasteiger partial charge in [-0.1, -0.05) is 83.1 Å². The van der Waals surface area contributed by atoms with Crippen LogP contribution < -0.4 is 0 Å². The number of allylic oxidation sites excluding steroid dienone is 10. The summed E-state index contributed by atoms with van der Waals surface area (Å²) in [5.41, 5.74) is 4.66. The SMILES string of the molecule is CC(C)(C)C1=CC(=Cc2ccc(C=C3C=C(C(C)(C)C)C(=O)C(C(C)(C)C)=C3)s2)C=C(C(C)(C)C)C1=O. The predicted octanol–water partition coefficient (Wildman–Crippen LogP) is 9.57. The van der Waals surface area contributed by atoms with Gasteiger partial charge in [-0.3, -0.25) is 9.59 Å². The maximum atomic E-state index is 13.3. The Morgan fingerprint density at radius 1 is 0.486 bits per heavy atom. The largest absolute Gasteiger partial charge is 0.289 e. The van der Waals surface area contributed by atoms with E-state index >= 15 is 0 Å². The number of carbonyl (C=O) groups is 2. The first-order valence-electron chi connectivity index (χ1n) is 13.2. The van der Waals surface area contributed by atoms with Crippen LogP contribution >= 0.6 is 11.3 Å². The molecular weight excluding hydrogens is 472 g/mol. The van der Waals surface area contributed by atoms with Crippen LogP contribution in [0.25, 0.3) is 12.2 Å². The Morgan fingerprint density at radius 3 is 0.946 bits per heavy atom. The van der Waals surface area contributed by atoms with E-state index in [0.717, 1.165) is 43.2 Å². The van der Waals surface area contributed by atoms with E-state index in [1.165, 1.54) is 0 Å². The van der Waals surface area contributed by atoms with Crippen LogP contribution in [0.4, 0.5) is 0 Å². The number of Topliss-reactive ketones (excluding diaryl/α,β-unsaturated/α-hetero) is 2. The third-order valence-electron chi connectivity index (χ3n) is 6.72. The summed E-state index contributed by atoms with van der Waals surface area (Å²) in [6.45, 7) is 25.2. The molecule has 0 bridgehead atoms. The second kappa shape index (κ2) is 9.66. The number of ketones is 2. The van der Waals surface area contributed by atoms with Crippen molar-refractivity contribution >= 4 is 35.1 Å². The van der Waals surface area contributed by atoms with Gasteiger partial charge < -0.3 is 0 Å². The average molecular weight is 517 g/mol. The minimum atomic E-state index is -0.224. The minimum absolute atomic E-state index is 0.156. The van der Waals surface area contributed by atoms with E-state index in [-0.39, 0.29) is 33.2 Å². The fourth-order valence-corrected chi connectivity index (χ4v) is 5.48. The molecule has 2 aliphatic rings. The fourth-order valence-electron chi connectivity index (χ4n) is 4.55. The van der Waals surface area contributed by atoms with E-state index in [2.05, 4.69) is 132 Å². The third kappa shape index (κ3) is 6.68. The lowest BCUT2D eigenvalue weighted by Gasteiger charge is -2.31. The summed E-state index contributed by atoms with van der Waals surface area (Å²) in [7, 11) is 0. The minimum Gasteiger partial charge on any atom is -0.289 e. The Morgan fingerprint density at radius 2 is 0.730 bits per heavy atom. The van der Waals surface area contributed by atoms with Crippen molar-refractivity contribution < 1.29 is 9.59 Å².